The van der Waals surface area contributed by atoms with E-state index in [-0.39, 0.29) is 17.5 Å². The topological polar surface area (TPSA) is 57.0 Å². The van der Waals surface area contributed by atoms with Crippen LogP contribution in [0.4, 0.5) is 14.5 Å². The zero-order valence-corrected chi connectivity index (χ0v) is 25.6. The number of halogens is 2. The number of rotatable bonds is 7. The van der Waals surface area contributed by atoms with Gasteiger partial charge in [-0.1, -0.05) is 13.0 Å². The van der Waals surface area contributed by atoms with Crippen LogP contribution < -0.4 is 4.90 Å². The van der Waals surface area contributed by atoms with Crippen molar-refractivity contribution >= 4 is 28.6 Å². The summed E-state index contributed by atoms with van der Waals surface area (Å²) in [5.74, 6) is -0.483. The van der Waals surface area contributed by atoms with Crippen LogP contribution in [-0.2, 0) is 11.2 Å². The van der Waals surface area contributed by atoms with Gasteiger partial charge in [0.15, 0.2) is 0 Å². The second kappa shape index (κ2) is 11.9. The minimum atomic E-state index is -0.297. The highest BCUT2D eigenvalue weighted by atomic mass is 32.1. The molecule has 43 heavy (non-hydrogen) atoms. The summed E-state index contributed by atoms with van der Waals surface area (Å²) in [6.07, 6.45) is 2.72. The maximum absolute atomic E-state index is 16.2. The van der Waals surface area contributed by atoms with Crippen LogP contribution in [-0.4, -0.2) is 76.9 Å². The number of hydrogen-bond acceptors (Lipinski definition) is 6. The number of fused-ring (bicyclic) bond motifs is 1. The highest BCUT2D eigenvalue weighted by Crippen LogP contribution is 2.37. The van der Waals surface area contributed by atoms with Gasteiger partial charge in [-0.25, -0.2) is 18.7 Å². The van der Waals surface area contributed by atoms with E-state index in [1.807, 2.05) is 34.9 Å². The lowest BCUT2D eigenvalue weighted by molar-refractivity contribution is -0.129. The largest absolute Gasteiger partial charge is 0.368 e. The van der Waals surface area contributed by atoms with Crippen molar-refractivity contribution in [2.24, 2.45) is 0 Å². The van der Waals surface area contributed by atoms with Crippen molar-refractivity contribution in [2.75, 3.05) is 51.7 Å². The number of nitrogens with zero attached hydrogens (tertiary/aromatic N) is 6. The first-order valence-corrected chi connectivity index (χ1v) is 15.3. The summed E-state index contributed by atoms with van der Waals surface area (Å²) in [6.45, 7) is 7.43. The van der Waals surface area contributed by atoms with Crippen LogP contribution in [0.3, 0.4) is 0 Å². The zero-order valence-electron chi connectivity index (χ0n) is 24.8. The molecule has 0 N–H and O–H groups in total. The monoisotopic (exact) mass is 600 g/mol. The Kier molecular flexibility index (Phi) is 7.98. The molecule has 7 nitrogen and oxygen atoms in total. The molecule has 0 spiro atoms. The van der Waals surface area contributed by atoms with Crippen LogP contribution in [0.5, 0.6) is 0 Å². The van der Waals surface area contributed by atoms with E-state index in [2.05, 4.69) is 22.1 Å². The summed E-state index contributed by atoms with van der Waals surface area (Å²) in [7, 11) is 3.56. The lowest BCUT2D eigenvalue weighted by Crippen LogP contribution is -2.49. The van der Waals surface area contributed by atoms with Crippen molar-refractivity contribution in [2.45, 2.75) is 20.3 Å². The van der Waals surface area contributed by atoms with Crippen LogP contribution >= 0.6 is 11.3 Å². The van der Waals surface area contributed by atoms with Gasteiger partial charge in [0.05, 0.1) is 29.3 Å². The number of imidazole rings is 1. The molecule has 1 aliphatic heterocycles. The maximum Gasteiger partial charge on any atom is 0.236 e. The van der Waals surface area contributed by atoms with Crippen molar-refractivity contribution in [1.29, 1.82) is 0 Å². The number of carbonyl (C=O) groups excluding carboxylic acids is 1. The molecule has 0 radical (unpaired) electrons. The van der Waals surface area contributed by atoms with Crippen LogP contribution in [0.15, 0.2) is 60.1 Å². The van der Waals surface area contributed by atoms with Gasteiger partial charge in [-0.2, -0.15) is 0 Å². The lowest BCUT2D eigenvalue weighted by atomic mass is 10.0. The lowest BCUT2D eigenvalue weighted by Gasteiger charge is -2.36. The molecule has 0 unspecified atom stereocenters. The van der Waals surface area contributed by atoms with Gasteiger partial charge in [0.1, 0.15) is 22.3 Å². The Morgan fingerprint density at radius 2 is 1.67 bits per heavy atom. The van der Waals surface area contributed by atoms with E-state index in [9.17, 15) is 9.18 Å². The van der Waals surface area contributed by atoms with Crippen molar-refractivity contribution in [1.82, 2.24) is 24.2 Å². The number of aryl methyl sites for hydroxylation is 1. The quantitative estimate of drug-likeness (QED) is 0.224. The third-order valence-electron chi connectivity index (χ3n) is 8.12. The minimum Gasteiger partial charge on any atom is -0.368 e. The fourth-order valence-corrected chi connectivity index (χ4v) is 6.46. The Morgan fingerprint density at radius 3 is 2.37 bits per heavy atom. The molecule has 0 saturated carbocycles. The second-order valence-corrected chi connectivity index (χ2v) is 11.9. The summed E-state index contributed by atoms with van der Waals surface area (Å²) in [4.78, 5) is 27.8. The maximum atomic E-state index is 16.2. The van der Waals surface area contributed by atoms with Crippen LogP contribution in [0.2, 0.25) is 0 Å². The van der Waals surface area contributed by atoms with Crippen LogP contribution in [0.25, 0.3) is 38.7 Å². The number of aromatic nitrogens is 3. The second-order valence-electron chi connectivity index (χ2n) is 11.1. The average Bonchev–Trinajstić information content (AvgIpc) is 3.64. The summed E-state index contributed by atoms with van der Waals surface area (Å²) >= 11 is 1.44. The van der Waals surface area contributed by atoms with Gasteiger partial charge in [-0.15, -0.1) is 11.3 Å². The summed E-state index contributed by atoms with van der Waals surface area (Å²) in [5.41, 5.74) is 6.72. The molecular weight excluding hydrogens is 566 g/mol. The molecule has 0 aliphatic carbocycles. The zero-order chi connectivity index (χ0) is 30.2. The van der Waals surface area contributed by atoms with Gasteiger partial charge < -0.3 is 9.80 Å². The first-order chi connectivity index (χ1) is 20.7. The average molecular weight is 601 g/mol. The third kappa shape index (κ3) is 5.64. The number of anilines is 1. The van der Waals surface area contributed by atoms with E-state index in [1.165, 1.54) is 23.5 Å². The molecule has 0 bridgehead atoms. The number of pyridine rings is 1. The first-order valence-electron chi connectivity index (χ1n) is 14.4. The van der Waals surface area contributed by atoms with E-state index in [1.54, 1.807) is 38.1 Å². The third-order valence-corrected chi connectivity index (χ3v) is 9.00. The molecule has 1 saturated heterocycles. The predicted molar refractivity (Wildman–Crippen MR) is 169 cm³/mol. The van der Waals surface area contributed by atoms with E-state index in [4.69, 9.17) is 9.97 Å². The fraction of sp³-hybridized carbons (Fsp3) is 0.303. The predicted octanol–water partition coefficient (Wildman–Crippen LogP) is 6.15. The van der Waals surface area contributed by atoms with E-state index >= 15 is 4.39 Å². The fourth-order valence-electron chi connectivity index (χ4n) is 5.55. The van der Waals surface area contributed by atoms with Crippen molar-refractivity contribution in [3.05, 3.63) is 83.0 Å². The van der Waals surface area contributed by atoms with Gasteiger partial charge in [-0.05, 0) is 61.4 Å². The van der Waals surface area contributed by atoms with Crippen LogP contribution in [0, 0.1) is 18.6 Å². The van der Waals surface area contributed by atoms with Gasteiger partial charge in [0, 0.05) is 68.5 Å². The van der Waals surface area contributed by atoms with Gasteiger partial charge >= 0.3 is 0 Å². The Balaban J connectivity index is 1.30. The number of amides is 1. The summed E-state index contributed by atoms with van der Waals surface area (Å²) in [5, 5.41) is 2.62. The van der Waals surface area contributed by atoms with Gasteiger partial charge in [0.25, 0.3) is 0 Å². The van der Waals surface area contributed by atoms with Gasteiger partial charge in [-0.3, -0.25) is 14.1 Å². The van der Waals surface area contributed by atoms with Crippen molar-refractivity contribution < 1.29 is 13.6 Å². The van der Waals surface area contributed by atoms with E-state index in [0.29, 0.717) is 29.1 Å². The molecule has 3 aromatic heterocycles. The Morgan fingerprint density at radius 1 is 0.953 bits per heavy atom. The Labute approximate surface area is 254 Å². The summed E-state index contributed by atoms with van der Waals surface area (Å²) in [6, 6.07) is 14.0. The molecule has 6 rings (SSSR count). The summed E-state index contributed by atoms with van der Waals surface area (Å²) < 4.78 is 31.6. The van der Waals surface area contributed by atoms with Crippen LogP contribution in [0.1, 0.15) is 18.2 Å². The van der Waals surface area contributed by atoms with E-state index < -0.39 is 0 Å². The molecule has 222 valence electrons. The Bertz CT molecular complexity index is 1790. The normalized spacial score (nSPS) is 14.0. The van der Waals surface area contributed by atoms with Crippen molar-refractivity contribution in [3.8, 4) is 33.1 Å². The molecule has 0 atom stereocenters. The van der Waals surface area contributed by atoms with E-state index in [0.717, 1.165) is 65.7 Å². The standard InChI is InChI=1S/C33H34F2N6OS/c1-5-27-32(41-18-24(10-13-29(41)36-27)40-16-14-39(15-17-40)19-30(42)38(3)4)26-12-11-25(21(2)31(26)35)33-37-28(20-43-33)22-6-8-23(34)9-7-22/h6-13,18,20H,5,14-17,19H2,1-4H3. The first kappa shape index (κ1) is 28.9. The molecular formula is C33H34F2N6OS. The molecule has 4 heterocycles. The number of likely N-dealkylation sites (N-methyl/N-ethyl adjacent to an activating group) is 1. The minimum absolute atomic E-state index is 0.108. The van der Waals surface area contributed by atoms with Gasteiger partial charge in [0.2, 0.25) is 5.91 Å². The van der Waals surface area contributed by atoms with Crippen molar-refractivity contribution in [3.63, 3.8) is 0 Å². The number of piperazine rings is 1. The molecule has 1 fully saturated rings. The Hall–Kier alpha value is -4.15. The smallest absolute Gasteiger partial charge is 0.236 e. The molecule has 2 aromatic carbocycles. The molecule has 1 aliphatic rings. The highest BCUT2D eigenvalue weighted by molar-refractivity contribution is 7.13. The molecule has 1 amide bonds. The number of hydrogen-bond donors (Lipinski definition) is 0. The SMILES string of the molecule is CCc1nc2ccc(N3CCN(CC(=O)N(C)C)CC3)cn2c1-c1ccc(-c2nc(-c3ccc(F)cc3)cs2)c(C)c1F. The number of benzene rings is 2. The molecule has 10 heteroatoms. The number of thiazole rings is 1. The molecule has 5 aromatic rings. The highest BCUT2D eigenvalue weighted by Gasteiger charge is 2.23. The number of carbonyl (C=O) groups is 1.